The van der Waals surface area contributed by atoms with E-state index in [1.165, 1.54) is 6.20 Å². The Morgan fingerprint density at radius 1 is 1.28 bits per heavy atom. The second kappa shape index (κ2) is 10.3. The third-order valence-corrected chi connectivity index (χ3v) is 6.30. The van der Waals surface area contributed by atoms with Crippen molar-refractivity contribution in [2.45, 2.75) is 25.4 Å². The van der Waals surface area contributed by atoms with E-state index < -0.39 is 5.97 Å². The number of aromatic nitrogens is 5. The summed E-state index contributed by atoms with van der Waals surface area (Å²) in [5.74, 6) is 0.570. The van der Waals surface area contributed by atoms with Crippen LogP contribution in [0.4, 0.5) is 11.8 Å². The van der Waals surface area contributed by atoms with Gasteiger partial charge in [-0.3, -0.25) is 0 Å². The largest absolute Gasteiger partial charge is 0.495 e. The number of aliphatic hydroxyl groups excluding tert-OH is 1. The summed E-state index contributed by atoms with van der Waals surface area (Å²) in [6.07, 6.45) is 3.18. The molecule has 36 heavy (non-hydrogen) atoms. The molecular weight excluding hydrogens is 486 g/mol. The fraction of sp³-hybridized carbons (Fsp3) is 0.292. The average Bonchev–Trinajstić information content (AvgIpc) is 3.54. The fourth-order valence-corrected chi connectivity index (χ4v) is 4.41. The number of halogens is 1. The van der Waals surface area contributed by atoms with Crippen LogP contribution in [0, 0.1) is 0 Å². The van der Waals surface area contributed by atoms with Crippen molar-refractivity contribution < 1.29 is 19.5 Å². The van der Waals surface area contributed by atoms with E-state index >= 15 is 0 Å². The van der Waals surface area contributed by atoms with Gasteiger partial charge in [-0.05, 0) is 47.9 Å². The molecule has 2 N–H and O–H groups in total. The number of anilines is 2. The summed E-state index contributed by atoms with van der Waals surface area (Å²) in [6, 6.07) is 12.5. The monoisotopic (exact) mass is 509 g/mol. The van der Waals surface area contributed by atoms with Gasteiger partial charge in [0.2, 0.25) is 5.95 Å². The first-order chi connectivity index (χ1) is 17.6. The molecule has 4 aromatic rings. The number of ether oxygens (including phenoxy) is 1. The van der Waals surface area contributed by atoms with Gasteiger partial charge in [0.1, 0.15) is 28.2 Å². The molecule has 0 spiro atoms. The van der Waals surface area contributed by atoms with Crippen molar-refractivity contribution in [1.82, 2.24) is 25.1 Å². The number of nitrogens with one attached hydrogen (secondary N) is 1. The summed E-state index contributed by atoms with van der Waals surface area (Å²) in [4.78, 5) is 30.7. The Bertz CT molecular complexity index is 1400. The molecule has 0 bridgehead atoms. The highest BCUT2D eigenvalue weighted by molar-refractivity contribution is 6.32. The minimum Gasteiger partial charge on any atom is -0.495 e. The van der Waals surface area contributed by atoms with Crippen LogP contribution in [-0.2, 0) is 6.54 Å². The smallest absolute Gasteiger partial charge is 0.371 e. The van der Waals surface area contributed by atoms with E-state index in [0.29, 0.717) is 40.8 Å². The van der Waals surface area contributed by atoms with Crippen LogP contribution in [0.2, 0.25) is 5.02 Å². The number of carbonyl (C=O) groups is 1. The molecule has 186 valence electrons. The first-order valence-corrected chi connectivity index (χ1v) is 11.8. The van der Waals surface area contributed by atoms with Gasteiger partial charge < -0.3 is 24.9 Å². The summed E-state index contributed by atoms with van der Waals surface area (Å²) in [5.41, 5.74) is 2.12. The first-order valence-electron chi connectivity index (χ1n) is 11.4. The predicted molar refractivity (Wildman–Crippen MR) is 133 cm³/mol. The number of aliphatic hydroxyl groups is 1. The molecule has 2 aromatic carbocycles. The van der Waals surface area contributed by atoms with Crippen LogP contribution >= 0.6 is 11.6 Å². The molecular formula is C24H24ClN7O4. The summed E-state index contributed by atoms with van der Waals surface area (Å²) >= 11 is 6.27. The molecule has 3 heterocycles. The zero-order valence-corrected chi connectivity index (χ0v) is 20.2. The number of carbonyl (C=O) groups excluding carboxylic acids is 1. The molecule has 0 radical (unpaired) electrons. The summed E-state index contributed by atoms with van der Waals surface area (Å²) in [6.45, 7) is 1.04. The van der Waals surface area contributed by atoms with Gasteiger partial charge >= 0.3 is 5.97 Å². The van der Waals surface area contributed by atoms with Gasteiger partial charge in [-0.2, -0.15) is 4.98 Å². The van der Waals surface area contributed by atoms with E-state index in [1.54, 1.807) is 37.4 Å². The van der Waals surface area contributed by atoms with E-state index in [1.807, 2.05) is 17.0 Å². The van der Waals surface area contributed by atoms with E-state index in [0.717, 1.165) is 23.3 Å². The lowest BCUT2D eigenvalue weighted by Gasteiger charge is -2.23. The second-order valence-electron chi connectivity index (χ2n) is 8.26. The SMILES string of the molecule is COc1ccc(CNc2nc(N3CCC[C@H]3CO)ncc2C(=O)On2nnc3ccccc32)cc1Cl. The second-order valence-corrected chi connectivity index (χ2v) is 8.66. The van der Waals surface area contributed by atoms with E-state index in [-0.39, 0.29) is 24.0 Å². The van der Waals surface area contributed by atoms with Gasteiger partial charge in [-0.1, -0.05) is 34.6 Å². The maximum absolute atomic E-state index is 13.2. The average molecular weight is 510 g/mol. The highest BCUT2D eigenvalue weighted by atomic mass is 35.5. The van der Waals surface area contributed by atoms with Crippen molar-refractivity contribution in [3.63, 3.8) is 0 Å². The summed E-state index contributed by atoms with van der Waals surface area (Å²) in [7, 11) is 1.55. The number of nitrogens with zero attached hydrogens (tertiary/aromatic N) is 6. The lowest BCUT2D eigenvalue weighted by atomic mass is 10.2. The number of para-hydroxylation sites is 1. The quantitative estimate of drug-likeness (QED) is 0.342. The van der Waals surface area contributed by atoms with Crippen molar-refractivity contribution in [3.05, 3.63) is 64.8 Å². The summed E-state index contributed by atoms with van der Waals surface area (Å²) in [5, 5.41) is 21.3. The van der Waals surface area contributed by atoms with E-state index in [2.05, 4.69) is 25.6 Å². The van der Waals surface area contributed by atoms with Crippen molar-refractivity contribution in [1.29, 1.82) is 0 Å². The first kappa shape index (κ1) is 23.8. The molecule has 1 saturated heterocycles. The predicted octanol–water partition coefficient (Wildman–Crippen LogP) is 2.73. The number of hydrogen-bond acceptors (Lipinski definition) is 10. The number of benzene rings is 2. The van der Waals surface area contributed by atoms with Crippen molar-refractivity contribution in [2.75, 3.05) is 30.5 Å². The van der Waals surface area contributed by atoms with Crippen LogP contribution in [0.15, 0.2) is 48.7 Å². The van der Waals surface area contributed by atoms with E-state index in [9.17, 15) is 9.90 Å². The molecule has 11 nitrogen and oxygen atoms in total. The molecule has 0 unspecified atom stereocenters. The molecule has 5 rings (SSSR count). The molecule has 0 amide bonds. The van der Waals surface area contributed by atoms with E-state index in [4.69, 9.17) is 21.2 Å². The normalized spacial score (nSPS) is 15.3. The lowest BCUT2D eigenvalue weighted by molar-refractivity contribution is 0.0409. The minimum absolute atomic E-state index is 0.000362. The van der Waals surface area contributed by atoms with Gasteiger partial charge in [0.05, 0.1) is 24.8 Å². The Kier molecular flexibility index (Phi) is 6.83. The highest BCUT2D eigenvalue weighted by Gasteiger charge is 2.28. The van der Waals surface area contributed by atoms with Gasteiger partial charge in [-0.15, -0.1) is 5.10 Å². The Balaban J connectivity index is 1.44. The Morgan fingerprint density at radius 2 is 2.14 bits per heavy atom. The highest BCUT2D eigenvalue weighted by Crippen LogP contribution is 2.27. The molecule has 1 aliphatic heterocycles. The van der Waals surface area contributed by atoms with Crippen LogP contribution in [0.3, 0.4) is 0 Å². The maximum Gasteiger partial charge on any atom is 0.371 e. The molecule has 0 aliphatic carbocycles. The van der Waals surface area contributed by atoms with Crippen LogP contribution in [0.5, 0.6) is 5.75 Å². The maximum atomic E-state index is 13.2. The Morgan fingerprint density at radius 3 is 2.94 bits per heavy atom. The third kappa shape index (κ3) is 4.75. The van der Waals surface area contributed by atoms with Gasteiger partial charge in [0.15, 0.2) is 0 Å². The molecule has 0 saturated carbocycles. The van der Waals surface area contributed by atoms with Crippen LogP contribution < -0.4 is 19.8 Å². The Labute approximate surface area is 211 Å². The molecule has 12 heteroatoms. The number of fused-ring (bicyclic) bond motifs is 1. The topological polar surface area (TPSA) is 128 Å². The fourth-order valence-electron chi connectivity index (χ4n) is 4.13. The minimum atomic E-state index is -0.701. The standard InChI is InChI=1S/C24H24ClN7O4/c1-35-21-9-8-15(11-18(21)25)12-26-22-17(13-27-24(28-22)31-10-4-5-16(31)14-33)23(34)36-32-20-7-3-2-6-19(20)29-30-32/h2-3,6-9,11,13,16,33H,4-5,10,12,14H2,1H3,(H,26,27,28)/t16-/m0/s1. The number of rotatable bonds is 8. The van der Waals surface area contributed by atoms with Crippen molar-refractivity contribution >= 4 is 40.4 Å². The number of methoxy groups -OCH3 is 1. The molecule has 1 fully saturated rings. The zero-order valence-electron chi connectivity index (χ0n) is 19.5. The molecule has 1 aliphatic rings. The lowest BCUT2D eigenvalue weighted by Crippen LogP contribution is -2.34. The summed E-state index contributed by atoms with van der Waals surface area (Å²) < 4.78 is 5.21. The van der Waals surface area contributed by atoms with Crippen molar-refractivity contribution in [3.8, 4) is 5.75 Å². The molecule has 1 atom stereocenters. The van der Waals surface area contributed by atoms with Crippen molar-refractivity contribution in [2.24, 2.45) is 0 Å². The van der Waals surface area contributed by atoms with Crippen LogP contribution in [0.25, 0.3) is 11.0 Å². The Hall–Kier alpha value is -3.96. The number of hydrogen-bond donors (Lipinski definition) is 2. The van der Waals surface area contributed by atoms with Crippen LogP contribution in [-0.4, -0.2) is 62.5 Å². The van der Waals surface area contributed by atoms with Gasteiger partial charge in [0.25, 0.3) is 0 Å². The van der Waals surface area contributed by atoms with Gasteiger partial charge in [-0.25, -0.2) is 9.78 Å². The van der Waals surface area contributed by atoms with Gasteiger partial charge in [0, 0.05) is 19.3 Å². The zero-order chi connectivity index (χ0) is 25.1. The molecule has 2 aromatic heterocycles. The van der Waals surface area contributed by atoms with Crippen LogP contribution in [0.1, 0.15) is 28.8 Å². The third-order valence-electron chi connectivity index (χ3n) is 6.01.